The van der Waals surface area contributed by atoms with Gasteiger partial charge in [0.1, 0.15) is 62.1 Å². The van der Waals surface area contributed by atoms with Gasteiger partial charge in [0.25, 0.3) is 0 Å². The van der Waals surface area contributed by atoms with Crippen LogP contribution in [0.2, 0.25) is 0 Å². The highest BCUT2D eigenvalue weighted by Crippen LogP contribution is 2.51. The summed E-state index contributed by atoms with van der Waals surface area (Å²) in [4.78, 5) is 15.0. The third-order valence-corrected chi connectivity index (χ3v) is 25.9. The Bertz CT molecular complexity index is 8720. The summed E-state index contributed by atoms with van der Waals surface area (Å²) in [6.45, 7) is 4.64. The molecule has 11 heteroatoms. The molecule has 11 aromatic heterocycles. The fourth-order valence-electron chi connectivity index (χ4n) is 19.3. The van der Waals surface area contributed by atoms with Crippen LogP contribution in [0.4, 0.5) is 0 Å². The minimum absolute atomic E-state index is 0.00829. The molecule has 0 aliphatic heterocycles. The number of nitrogens with zero attached hydrogens (tertiary/aromatic N) is 6. The van der Waals surface area contributed by atoms with Crippen LogP contribution in [0, 0.1) is 0 Å². The molecule has 26 aromatic rings. The van der Waals surface area contributed by atoms with Crippen molar-refractivity contribution in [2.24, 2.45) is 0 Å². The van der Waals surface area contributed by atoms with E-state index in [0.717, 1.165) is 161 Å². The molecule has 1 aliphatic rings. The summed E-state index contributed by atoms with van der Waals surface area (Å²) in [5, 5.41) is 18.8. The number of aromatic nitrogens is 6. The van der Waals surface area contributed by atoms with Gasteiger partial charge >= 0.3 is 0 Å². The molecule has 0 saturated heterocycles. The van der Waals surface area contributed by atoms with Gasteiger partial charge in [0.2, 0.25) is 0 Å². The van der Waals surface area contributed by atoms with E-state index >= 15 is 0 Å². The van der Waals surface area contributed by atoms with Gasteiger partial charge in [-0.25, -0.2) is 15.0 Å². The van der Waals surface area contributed by atoms with Gasteiger partial charge in [0, 0.05) is 143 Å². The maximum Gasteiger partial charge on any atom is 0.143 e. The fraction of sp³-hybridized carbons (Fsp3) is 0.0278. The Morgan fingerprint density at radius 1 is 0.244 bits per heavy atom. The number of hydrogen-bond acceptors (Lipinski definition) is 8. The molecule has 0 unspecified atom stereocenters. The normalized spacial score (nSPS) is 12.7. The second kappa shape index (κ2) is 25.8. The minimum Gasteiger partial charge on any atom is -0.456 e. The highest BCUT2D eigenvalue weighted by molar-refractivity contribution is 7.25. The Balaban J connectivity index is 0.0000000992. The van der Waals surface area contributed by atoms with E-state index in [4.69, 9.17) is 32.6 Å². The third kappa shape index (κ3) is 10.2. The summed E-state index contributed by atoms with van der Waals surface area (Å²) in [5.41, 5.74) is 26.0. The highest BCUT2D eigenvalue weighted by atomic mass is 32.1. The standard InChI is InChI=1S/C38H26N2O.C35H20N2O2.C35H20N2OS/c1-38(2)31-12-6-3-9-25(31)28-19-23(15-17-32(28)38)24-16-18-37(39-22-24)40-33-13-7-4-10-26(33)29-20-30-27-11-5-8-14-35(27)41-36(30)21-34(29)40;1-4-13-27-25(9-1)33-28(17-18-31-34(33)26-10-3-6-15-30(26)38-31)37(27)32-19-16-21(20-36-32)22-11-7-12-24-23-8-2-5-14-29(23)39-35(22)24;1-4-10-28-23(7-1)25-15-16-30-34(26-9-2-5-11-29(26)38-30)35(25)37(28)33-18-14-22(20-36-33)21-13-17-32-27(19-21)24-8-3-6-12-31(24)39-32/h3-22H,1-2H3;2*1-20H. The van der Waals surface area contributed by atoms with Crippen LogP contribution in [-0.2, 0) is 5.41 Å². The molecule has 0 saturated carbocycles. The second-order valence-corrected chi connectivity index (χ2v) is 32.7. The molecule has 558 valence electrons. The van der Waals surface area contributed by atoms with Gasteiger partial charge in [-0.15, -0.1) is 11.3 Å². The Morgan fingerprint density at radius 3 is 1.43 bits per heavy atom. The van der Waals surface area contributed by atoms with Crippen LogP contribution in [0.5, 0.6) is 0 Å². The molecule has 15 aromatic carbocycles. The Labute approximate surface area is 683 Å². The number of furan rings is 4. The van der Waals surface area contributed by atoms with Gasteiger partial charge in [-0.1, -0.05) is 220 Å². The molecule has 0 N–H and O–H groups in total. The number of benzene rings is 15. The minimum atomic E-state index is 0.00829. The van der Waals surface area contributed by atoms with Crippen molar-refractivity contribution in [3.63, 3.8) is 0 Å². The van der Waals surface area contributed by atoms with Gasteiger partial charge in [0.05, 0.1) is 38.5 Å². The maximum atomic E-state index is 6.28. The third-order valence-electron chi connectivity index (χ3n) is 24.8. The van der Waals surface area contributed by atoms with Gasteiger partial charge < -0.3 is 17.7 Å². The lowest BCUT2D eigenvalue weighted by molar-refractivity contribution is 0.660. The van der Waals surface area contributed by atoms with E-state index in [0.29, 0.717) is 0 Å². The smallest absolute Gasteiger partial charge is 0.143 e. The van der Waals surface area contributed by atoms with Crippen molar-refractivity contribution in [2.45, 2.75) is 19.3 Å². The second-order valence-electron chi connectivity index (χ2n) is 31.6. The van der Waals surface area contributed by atoms with Crippen LogP contribution in [-0.4, -0.2) is 28.7 Å². The van der Waals surface area contributed by atoms with Crippen molar-refractivity contribution in [1.29, 1.82) is 0 Å². The lowest BCUT2D eigenvalue weighted by atomic mass is 9.82. The van der Waals surface area contributed by atoms with Crippen molar-refractivity contribution >= 4 is 185 Å². The zero-order chi connectivity index (χ0) is 78.3. The molecule has 0 amide bonds. The van der Waals surface area contributed by atoms with Crippen LogP contribution in [0.25, 0.3) is 235 Å². The topological polar surface area (TPSA) is 106 Å². The van der Waals surface area contributed by atoms with Crippen LogP contribution in [0.1, 0.15) is 25.0 Å². The number of thiophene rings is 1. The van der Waals surface area contributed by atoms with E-state index in [1.165, 1.54) is 85.9 Å². The van der Waals surface area contributed by atoms with E-state index in [9.17, 15) is 0 Å². The predicted octanol–water partition coefficient (Wildman–Crippen LogP) is 29.8. The first-order chi connectivity index (χ1) is 58.8. The predicted molar refractivity (Wildman–Crippen MR) is 492 cm³/mol. The first kappa shape index (κ1) is 67.0. The maximum absolute atomic E-state index is 6.28. The van der Waals surface area contributed by atoms with E-state index in [1.54, 1.807) is 0 Å². The summed E-state index contributed by atoms with van der Waals surface area (Å²) in [6.07, 6.45) is 5.95. The molecule has 0 bridgehead atoms. The van der Waals surface area contributed by atoms with Crippen LogP contribution < -0.4 is 0 Å². The van der Waals surface area contributed by atoms with Crippen molar-refractivity contribution in [1.82, 2.24) is 28.7 Å². The summed E-state index contributed by atoms with van der Waals surface area (Å²) >= 11 is 1.84. The van der Waals surface area contributed by atoms with E-state index < -0.39 is 0 Å². The molecular formula is C108H66N6O4S. The molecule has 0 radical (unpaired) electrons. The van der Waals surface area contributed by atoms with Gasteiger partial charge in [0.15, 0.2) is 0 Å². The number of para-hydroxylation sites is 8. The van der Waals surface area contributed by atoms with Crippen LogP contribution >= 0.6 is 11.3 Å². The van der Waals surface area contributed by atoms with Gasteiger partial charge in [-0.2, -0.15) is 0 Å². The quantitative estimate of drug-likeness (QED) is 0.163. The number of pyridine rings is 3. The molecule has 1 aliphatic carbocycles. The molecule has 0 atom stereocenters. The largest absolute Gasteiger partial charge is 0.456 e. The highest BCUT2D eigenvalue weighted by Gasteiger charge is 2.35. The van der Waals surface area contributed by atoms with Crippen LogP contribution in [0.3, 0.4) is 0 Å². The Hall–Kier alpha value is -15.4. The number of hydrogen-bond donors (Lipinski definition) is 0. The van der Waals surface area contributed by atoms with E-state index in [-0.39, 0.29) is 5.41 Å². The number of fused-ring (bicyclic) bond motifs is 29. The van der Waals surface area contributed by atoms with Crippen molar-refractivity contribution in [3.8, 4) is 62.0 Å². The first-order valence-electron chi connectivity index (χ1n) is 40.2. The molecule has 10 nitrogen and oxygen atoms in total. The van der Waals surface area contributed by atoms with Crippen LogP contribution in [0.15, 0.2) is 382 Å². The fourth-order valence-corrected chi connectivity index (χ4v) is 20.4. The molecule has 119 heavy (non-hydrogen) atoms. The summed E-state index contributed by atoms with van der Waals surface area (Å²) in [6, 6.07) is 122. The molecule has 27 rings (SSSR count). The first-order valence-corrected chi connectivity index (χ1v) is 41.1. The van der Waals surface area contributed by atoms with Crippen molar-refractivity contribution in [3.05, 3.63) is 376 Å². The summed E-state index contributed by atoms with van der Waals surface area (Å²) in [7, 11) is 0. The van der Waals surface area contributed by atoms with Gasteiger partial charge in [-0.3, -0.25) is 13.7 Å². The summed E-state index contributed by atoms with van der Waals surface area (Å²) in [5.74, 6) is 2.65. The van der Waals surface area contributed by atoms with Gasteiger partial charge in [-0.05, 0) is 167 Å². The van der Waals surface area contributed by atoms with Crippen molar-refractivity contribution < 1.29 is 17.7 Å². The lowest BCUT2D eigenvalue weighted by Crippen LogP contribution is -2.14. The zero-order valence-electron chi connectivity index (χ0n) is 64.4. The lowest BCUT2D eigenvalue weighted by Gasteiger charge is -2.21. The van der Waals surface area contributed by atoms with E-state index in [1.807, 2.05) is 84.5 Å². The molecule has 11 heterocycles. The zero-order valence-corrected chi connectivity index (χ0v) is 65.2. The van der Waals surface area contributed by atoms with E-state index in [2.05, 4.69) is 319 Å². The molecule has 0 fully saturated rings. The monoisotopic (exact) mass is 1540 g/mol. The Kier molecular flexibility index (Phi) is 14.5. The average Bonchev–Trinajstić information content (AvgIpc) is 1.50. The molecule has 0 spiro atoms. The molecular weight excluding hydrogens is 1480 g/mol. The Morgan fingerprint density at radius 2 is 0.723 bits per heavy atom. The van der Waals surface area contributed by atoms with Crippen molar-refractivity contribution in [2.75, 3.05) is 0 Å². The number of rotatable bonds is 6. The summed E-state index contributed by atoms with van der Waals surface area (Å²) < 4.78 is 34.4. The SMILES string of the molecule is CC1(C)c2ccccc2-c2cc(-c3ccc(-n4c5ccccc5c5cc6c(cc54)oc4ccccc46)nc3)ccc21.c1ccc2c(c1)oc1c(-c3ccc(-n4c5ccccc5c5c6c(ccc54)oc4ccccc46)nc3)cccc12.c1ccc2c(c1)oc1ccc3c4ccccc4n(-c4ccc(-c5ccc6sc7ccccc7c6c5)cn4)c3c12. The average molecular weight is 1540 g/mol.